The lowest BCUT2D eigenvalue weighted by Gasteiger charge is -2.31. The molecule has 2 aromatic heterocycles. The van der Waals surface area contributed by atoms with E-state index in [2.05, 4.69) is 14.9 Å². The van der Waals surface area contributed by atoms with Crippen LogP contribution in [0.25, 0.3) is 17.0 Å². The fraction of sp³-hybridized carbons (Fsp3) is 0.294. The summed E-state index contributed by atoms with van der Waals surface area (Å²) in [5.74, 6) is 1.96. The zero-order chi connectivity index (χ0) is 15.5. The van der Waals surface area contributed by atoms with Crippen LogP contribution in [0, 0.1) is 0 Å². The Morgan fingerprint density at radius 2 is 1.73 bits per heavy atom. The van der Waals surface area contributed by atoms with E-state index >= 15 is 0 Å². The summed E-state index contributed by atoms with van der Waals surface area (Å²) < 4.78 is 1.92. The monoisotopic (exact) mass is 296 g/mol. The summed E-state index contributed by atoms with van der Waals surface area (Å²) in [6.07, 6.45) is 5.18. The summed E-state index contributed by atoms with van der Waals surface area (Å²) in [7, 11) is 0. The average Bonchev–Trinajstić information content (AvgIpc) is 2.91. The van der Waals surface area contributed by atoms with Crippen LogP contribution in [0.1, 0.15) is 20.3 Å². The van der Waals surface area contributed by atoms with Crippen molar-refractivity contribution in [3.63, 3.8) is 0 Å². The first kappa shape index (κ1) is 14.4. The van der Waals surface area contributed by atoms with E-state index in [4.69, 9.17) is 0 Å². The normalized spacial score (nSPS) is 13.5. The third-order valence-corrected chi connectivity index (χ3v) is 3.65. The first-order valence-corrected chi connectivity index (χ1v) is 7.70. The molecule has 0 bridgehead atoms. The molecule has 5 heteroatoms. The molecule has 5 nitrogen and oxygen atoms in total. The van der Waals surface area contributed by atoms with Gasteiger partial charge in [-0.25, -0.2) is 4.98 Å². The van der Waals surface area contributed by atoms with Crippen molar-refractivity contribution in [1.82, 2.24) is 14.4 Å². The van der Waals surface area contributed by atoms with Crippen LogP contribution in [0.3, 0.4) is 0 Å². The molecular formula is C17H20N4O. The fourth-order valence-electron chi connectivity index (χ4n) is 2.36. The lowest BCUT2D eigenvalue weighted by molar-refractivity contribution is 0.475. The smallest absolute Gasteiger partial charge is 0.236 e. The van der Waals surface area contributed by atoms with Gasteiger partial charge in [0.2, 0.25) is 5.78 Å². The average molecular weight is 296 g/mol. The number of rotatable bonds is 2. The van der Waals surface area contributed by atoms with Crippen molar-refractivity contribution in [2.45, 2.75) is 20.3 Å². The molecule has 0 amide bonds. The molecule has 0 spiro atoms. The molecule has 0 unspecified atom stereocenters. The lowest BCUT2D eigenvalue weighted by Crippen LogP contribution is -2.37. The molecule has 3 heterocycles. The number of aromatic nitrogens is 3. The fourth-order valence-corrected chi connectivity index (χ4v) is 2.36. The summed E-state index contributed by atoms with van der Waals surface area (Å²) in [6, 6.07) is 9.06. The topological polar surface area (TPSA) is 53.7 Å². The highest BCUT2D eigenvalue weighted by atomic mass is 16.3. The van der Waals surface area contributed by atoms with Crippen LogP contribution in [0.2, 0.25) is 0 Å². The van der Waals surface area contributed by atoms with E-state index < -0.39 is 0 Å². The van der Waals surface area contributed by atoms with Gasteiger partial charge in [0.25, 0.3) is 0 Å². The number of anilines is 1. The molecule has 0 atom stereocenters. The first-order chi connectivity index (χ1) is 10.8. The molecule has 0 radical (unpaired) electrons. The van der Waals surface area contributed by atoms with Crippen LogP contribution in [0.4, 0.5) is 5.82 Å². The van der Waals surface area contributed by atoms with Gasteiger partial charge in [-0.2, -0.15) is 4.98 Å². The molecule has 1 aliphatic rings. The Morgan fingerprint density at radius 1 is 1.00 bits per heavy atom. The van der Waals surface area contributed by atoms with Crippen molar-refractivity contribution < 1.29 is 5.11 Å². The summed E-state index contributed by atoms with van der Waals surface area (Å²) in [4.78, 5) is 11.4. The van der Waals surface area contributed by atoms with Crippen molar-refractivity contribution in [2.75, 3.05) is 18.0 Å². The number of hydrogen-bond acceptors (Lipinski definition) is 4. The van der Waals surface area contributed by atoms with Crippen molar-refractivity contribution in [2.24, 2.45) is 0 Å². The second kappa shape index (κ2) is 6.05. The molecule has 22 heavy (non-hydrogen) atoms. The molecule has 3 aromatic rings. The molecular weight excluding hydrogens is 276 g/mol. The van der Waals surface area contributed by atoms with E-state index in [1.807, 2.05) is 48.8 Å². The predicted molar refractivity (Wildman–Crippen MR) is 88.3 cm³/mol. The van der Waals surface area contributed by atoms with E-state index in [9.17, 15) is 5.11 Å². The molecule has 1 N–H and O–H groups in total. The highest BCUT2D eigenvalue weighted by molar-refractivity contribution is 5.62. The number of imidazole rings is 1. The van der Waals surface area contributed by atoms with Crippen LogP contribution in [0.5, 0.6) is 5.75 Å². The molecule has 0 aliphatic carbocycles. The first-order valence-electron chi connectivity index (χ1n) is 7.70. The van der Waals surface area contributed by atoms with Gasteiger partial charge >= 0.3 is 0 Å². The number of nitrogens with zero attached hydrogens (tertiary/aromatic N) is 4. The van der Waals surface area contributed by atoms with Crippen molar-refractivity contribution in [3.05, 3.63) is 42.7 Å². The Kier molecular flexibility index (Phi) is 3.96. The molecule has 4 rings (SSSR count). The largest absolute Gasteiger partial charge is 0.508 e. The number of phenols is 1. The zero-order valence-electron chi connectivity index (χ0n) is 12.9. The third kappa shape index (κ3) is 2.62. The highest BCUT2D eigenvalue weighted by Crippen LogP contribution is 2.23. The van der Waals surface area contributed by atoms with Gasteiger partial charge in [-0.3, -0.25) is 4.40 Å². The van der Waals surface area contributed by atoms with Crippen LogP contribution in [-0.2, 0) is 0 Å². The third-order valence-electron chi connectivity index (χ3n) is 3.65. The maximum atomic E-state index is 9.33. The zero-order valence-corrected chi connectivity index (χ0v) is 12.9. The van der Waals surface area contributed by atoms with Crippen LogP contribution < -0.4 is 4.90 Å². The molecule has 1 aromatic carbocycles. The molecule has 0 saturated carbocycles. The lowest BCUT2D eigenvalue weighted by atomic mass is 10.2. The number of fused-ring (bicyclic) bond motifs is 1. The maximum Gasteiger partial charge on any atom is 0.236 e. The van der Waals surface area contributed by atoms with E-state index in [0.29, 0.717) is 5.78 Å². The Morgan fingerprint density at radius 3 is 2.36 bits per heavy atom. The van der Waals surface area contributed by atoms with Crippen LogP contribution in [0.15, 0.2) is 42.7 Å². The molecule has 1 aliphatic heterocycles. The van der Waals surface area contributed by atoms with Crippen molar-refractivity contribution in [1.29, 1.82) is 0 Å². The van der Waals surface area contributed by atoms with Crippen molar-refractivity contribution >= 4 is 11.6 Å². The standard InChI is InChI=1S/C15H14N4O.C2H6/c20-12-4-2-11(3-5-12)13-10-19-9-6-14(17-15(19)16-13)18-7-1-8-18;1-2/h2-6,9-10,20H,1,7-8H2;1-2H3. The minimum atomic E-state index is 0.260. The van der Waals surface area contributed by atoms with Gasteiger partial charge in [-0.1, -0.05) is 13.8 Å². The number of phenolic OH excluding ortho intramolecular Hbond substituents is 1. The van der Waals surface area contributed by atoms with Gasteiger partial charge < -0.3 is 10.0 Å². The van der Waals surface area contributed by atoms with Crippen LogP contribution in [-0.4, -0.2) is 32.6 Å². The highest BCUT2D eigenvalue weighted by Gasteiger charge is 2.16. The SMILES string of the molecule is CC.Oc1ccc(-c2cn3ccc(N4CCC4)nc3n2)cc1. The summed E-state index contributed by atoms with van der Waals surface area (Å²) >= 11 is 0. The van der Waals surface area contributed by atoms with E-state index in [0.717, 1.165) is 30.2 Å². The van der Waals surface area contributed by atoms with Gasteiger partial charge in [0.1, 0.15) is 11.6 Å². The Hall–Kier alpha value is -2.56. The van der Waals surface area contributed by atoms with Gasteiger partial charge in [0.15, 0.2) is 0 Å². The second-order valence-corrected chi connectivity index (χ2v) is 5.01. The molecule has 1 saturated heterocycles. The second-order valence-electron chi connectivity index (χ2n) is 5.01. The van der Waals surface area contributed by atoms with E-state index in [1.54, 1.807) is 12.1 Å². The van der Waals surface area contributed by atoms with E-state index in [1.165, 1.54) is 6.42 Å². The minimum Gasteiger partial charge on any atom is -0.508 e. The van der Waals surface area contributed by atoms with E-state index in [-0.39, 0.29) is 5.75 Å². The Labute approximate surface area is 129 Å². The Balaban J connectivity index is 0.000000693. The number of aromatic hydroxyl groups is 1. The quantitative estimate of drug-likeness (QED) is 0.788. The summed E-state index contributed by atoms with van der Waals surface area (Å²) in [5.41, 5.74) is 1.83. The molecule has 114 valence electrons. The van der Waals surface area contributed by atoms with Crippen LogP contribution >= 0.6 is 0 Å². The summed E-state index contributed by atoms with van der Waals surface area (Å²) in [5, 5.41) is 9.33. The predicted octanol–water partition coefficient (Wildman–Crippen LogP) is 3.34. The molecule has 1 fully saturated rings. The van der Waals surface area contributed by atoms with Gasteiger partial charge in [0.05, 0.1) is 5.69 Å². The van der Waals surface area contributed by atoms with Gasteiger partial charge in [-0.05, 0) is 36.8 Å². The summed E-state index contributed by atoms with van der Waals surface area (Å²) in [6.45, 7) is 6.16. The Bertz CT molecular complexity index is 760. The minimum absolute atomic E-state index is 0.260. The van der Waals surface area contributed by atoms with Gasteiger partial charge in [0, 0.05) is 31.0 Å². The maximum absolute atomic E-state index is 9.33. The van der Waals surface area contributed by atoms with Crippen molar-refractivity contribution in [3.8, 4) is 17.0 Å². The number of benzene rings is 1. The number of hydrogen-bond donors (Lipinski definition) is 1. The van der Waals surface area contributed by atoms with Gasteiger partial charge in [-0.15, -0.1) is 0 Å².